The van der Waals surface area contributed by atoms with E-state index < -0.39 is 0 Å². The summed E-state index contributed by atoms with van der Waals surface area (Å²) in [5.74, 6) is 0.628. The number of aryl methyl sites for hydroxylation is 2. The molecule has 14 heavy (non-hydrogen) atoms. The maximum atomic E-state index is 12.6. The molecule has 0 saturated carbocycles. The van der Waals surface area contributed by atoms with Crippen LogP contribution in [-0.2, 0) is 0 Å². The molecule has 0 aliphatic carbocycles. The van der Waals surface area contributed by atoms with Gasteiger partial charge in [-0.3, -0.25) is 0 Å². The van der Waals surface area contributed by atoms with Crippen molar-refractivity contribution in [2.24, 2.45) is 0 Å². The molecular formula is C11H11FNO+. The first kappa shape index (κ1) is 8.94. The lowest BCUT2D eigenvalue weighted by Gasteiger charge is -1.87. The molecule has 1 heterocycles. The van der Waals surface area contributed by atoms with Crippen LogP contribution in [0.15, 0.2) is 35.0 Å². The highest BCUT2D eigenvalue weighted by molar-refractivity contribution is 5.22. The van der Waals surface area contributed by atoms with Crippen LogP contribution < -0.4 is 4.74 Å². The number of hydrogen-bond donors (Lipinski definition) is 0. The van der Waals surface area contributed by atoms with Crippen molar-refractivity contribution >= 4 is 0 Å². The third-order valence-electron chi connectivity index (χ3n) is 2.18. The van der Waals surface area contributed by atoms with Gasteiger partial charge in [0.2, 0.25) is 6.20 Å². The van der Waals surface area contributed by atoms with Gasteiger partial charge in [-0.25, -0.2) is 8.91 Å². The quantitative estimate of drug-likeness (QED) is 0.634. The van der Waals surface area contributed by atoms with Gasteiger partial charge in [-0.2, -0.15) is 0 Å². The van der Waals surface area contributed by atoms with Crippen molar-refractivity contribution in [1.82, 2.24) is 0 Å². The molecule has 2 aromatic rings. The van der Waals surface area contributed by atoms with Gasteiger partial charge in [-0.1, -0.05) is 0 Å². The Morgan fingerprint density at radius 1 is 1.14 bits per heavy atom. The van der Waals surface area contributed by atoms with Gasteiger partial charge >= 0.3 is 0 Å². The molecule has 0 N–H and O–H groups in total. The van der Waals surface area contributed by atoms with Gasteiger partial charge in [0.15, 0.2) is 5.76 Å². The Morgan fingerprint density at radius 3 is 2.29 bits per heavy atom. The number of hydrogen-bond acceptors (Lipinski definition) is 1. The van der Waals surface area contributed by atoms with E-state index in [1.807, 2.05) is 20.0 Å². The van der Waals surface area contributed by atoms with E-state index in [1.54, 1.807) is 16.9 Å². The van der Waals surface area contributed by atoms with Crippen molar-refractivity contribution in [3.05, 3.63) is 47.6 Å². The van der Waals surface area contributed by atoms with Crippen LogP contribution in [0, 0.1) is 19.7 Å². The first-order valence-electron chi connectivity index (χ1n) is 4.42. The van der Waals surface area contributed by atoms with Crippen LogP contribution in [-0.4, -0.2) is 0 Å². The topological polar surface area (TPSA) is 17.0 Å². The Hall–Kier alpha value is -1.64. The van der Waals surface area contributed by atoms with Crippen molar-refractivity contribution in [3.63, 3.8) is 0 Å². The van der Waals surface area contributed by atoms with Gasteiger partial charge in [0.05, 0.1) is 5.56 Å². The van der Waals surface area contributed by atoms with Crippen LogP contribution in [0.5, 0.6) is 0 Å². The molecule has 3 heteroatoms. The Bertz CT molecular complexity index is 425. The van der Waals surface area contributed by atoms with E-state index in [2.05, 4.69) is 0 Å². The van der Waals surface area contributed by atoms with Crippen molar-refractivity contribution in [2.75, 3.05) is 0 Å². The number of benzene rings is 1. The molecule has 2 nitrogen and oxygen atoms in total. The van der Waals surface area contributed by atoms with Crippen LogP contribution >= 0.6 is 0 Å². The minimum Gasteiger partial charge on any atom is -0.235 e. The molecule has 2 rings (SSSR count). The molecule has 72 valence electrons. The lowest BCUT2D eigenvalue weighted by molar-refractivity contribution is -0.785. The Morgan fingerprint density at radius 2 is 1.79 bits per heavy atom. The zero-order valence-corrected chi connectivity index (χ0v) is 8.12. The van der Waals surface area contributed by atoms with Crippen molar-refractivity contribution in [2.45, 2.75) is 13.8 Å². The van der Waals surface area contributed by atoms with Gasteiger partial charge in [-0.15, -0.1) is 0 Å². The molecule has 0 aliphatic rings. The maximum absolute atomic E-state index is 12.6. The van der Waals surface area contributed by atoms with E-state index in [0.717, 1.165) is 17.0 Å². The average Bonchev–Trinajstić information content (AvgIpc) is 2.48. The summed E-state index contributed by atoms with van der Waals surface area (Å²) in [6.45, 7) is 3.87. The number of aromatic nitrogens is 1. The Balaban J connectivity index is 2.44. The second kappa shape index (κ2) is 3.25. The number of nitrogens with zero attached hydrogens (tertiary/aromatic N) is 1. The third kappa shape index (κ3) is 1.53. The van der Waals surface area contributed by atoms with Crippen molar-refractivity contribution in [3.8, 4) is 5.69 Å². The Kier molecular flexibility index (Phi) is 2.08. The minimum absolute atomic E-state index is 0.241. The van der Waals surface area contributed by atoms with Crippen LogP contribution in [0.2, 0.25) is 0 Å². The number of rotatable bonds is 1. The molecule has 1 aromatic heterocycles. The zero-order valence-electron chi connectivity index (χ0n) is 8.12. The highest BCUT2D eigenvalue weighted by atomic mass is 19.1. The van der Waals surface area contributed by atoms with E-state index >= 15 is 0 Å². The molecule has 0 saturated heterocycles. The second-order valence-corrected chi connectivity index (χ2v) is 3.26. The average molecular weight is 192 g/mol. The standard InChI is InChI=1S/C11H11FNO/c1-8-7-13(14-9(8)2)11-5-3-10(12)4-6-11/h3-7H,1-2H3/q+1. The highest BCUT2D eigenvalue weighted by Gasteiger charge is 2.13. The highest BCUT2D eigenvalue weighted by Crippen LogP contribution is 2.07. The van der Waals surface area contributed by atoms with Crippen LogP contribution in [0.1, 0.15) is 11.3 Å². The predicted molar refractivity (Wildman–Crippen MR) is 49.7 cm³/mol. The molecule has 0 radical (unpaired) electrons. The second-order valence-electron chi connectivity index (χ2n) is 3.26. The van der Waals surface area contributed by atoms with Crippen LogP contribution in [0.25, 0.3) is 5.69 Å². The van der Waals surface area contributed by atoms with Crippen LogP contribution in [0.3, 0.4) is 0 Å². The fourth-order valence-corrected chi connectivity index (χ4v) is 1.23. The van der Waals surface area contributed by atoms with Crippen molar-refractivity contribution < 1.29 is 13.7 Å². The fraction of sp³-hybridized carbons (Fsp3) is 0.182. The van der Waals surface area contributed by atoms with Crippen molar-refractivity contribution in [1.29, 1.82) is 0 Å². The molecule has 0 fully saturated rings. The van der Waals surface area contributed by atoms with Gasteiger partial charge < -0.3 is 0 Å². The molecule has 1 aromatic carbocycles. The smallest absolute Gasteiger partial charge is 0.235 e. The first-order chi connectivity index (χ1) is 6.66. The zero-order chi connectivity index (χ0) is 10.1. The van der Waals surface area contributed by atoms with E-state index in [1.165, 1.54) is 12.1 Å². The summed E-state index contributed by atoms with van der Waals surface area (Å²) in [5, 5.41) is 0. The summed E-state index contributed by atoms with van der Waals surface area (Å²) in [5.41, 5.74) is 1.90. The SMILES string of the molecule is Cc1c[n+](-c2ccc(F)cc2)oc1C. The van der Waals surface area contributed by atoms with Gasteiger partial charge in [0.25, 0.3) is 5.69 Å². The van der Waals surface area contributed by atoms with E-state index in [-0.39, 0.29) is 5.82 Å². The molecule has 0 spiro atoms. The summed E-state index contributed by atoms with van der Waals surface area (Å²) < 4.78 is 19.7. The summed E-state index contributed by atoms with van der Waals surface area (Å²) in [4.78, 5) is 0. The van der Waals surface area contributed by atoms with Gasteiger partial charge in [-0.05, 0) is 19.1 Å². The third-order valence-corrected chi connectivity index (χ3v) is 2.18. The van der Waals surface area contributed by atoms with E-state index in [4.69, 9.17) is 4.52 Å². The molecule has 0 atom stereocenters. The molecule has 0 amide bonds. The largest absolute Gasteiger partial charge is 0.258 e. The minimum atomic E-state index is -0.241. The summed E-state index contributed by atoms with van der Waals surface area (Å²) in [6, 6.07) is 6.18. The van der Waals surface area contributed by atoms with E-state index in [9.17, 15) is 4.39 Å². The van der Waals surface area contributed by atoms with Crippen LogP contribution in [0.4, 0.5) is 4.39 Å². The molecule has 0 aliphatic heterocycles. The number of halogens is 1. The van der Waals surface area contributed by atoms with Gasteiger partial charge in [0, 0.05) is 23.8 Å². The summed E-state index contributed by atoms with van der Waals surface area (Å²) in [6.07, 6.45) is 1.88. The van der Waals surface area contributed by atoms with Gasteiger partial charge in [0.1, 0.15) is 5.82 Å². The fourth-order valence-electron chi connectivity index (χ4n) is 1.23. The maximum Gasteiger partial charge on any atom is 0.258 e. The summed E-state index contributed by atoms with van der Waals surface area (Å²) in [7, 11) is 0. The molecule has 0 bridgehead atoms. The first-order valence-corrected chi connectivity index (χ1v) is 4.42. The molecular weight excluding hydrogens is 181 g/mol. The monoisotopic (exact) mass is 192 g/mol. The Labute approximate surface area is 81.6 Å². The molecule has 0 unspecified atom stereocenters. The predicted octanol–water partition coefficient (Wildman–Crippen LogP) is 2.31. The van der Waals surface area contributed by atoms with E-state index in [0.29, 0.717) is 0 Å². The lowest BCUT2D eigenvalue weighted by Crippen LogP contribution is -2.26. The lowest BCUT2D eigenvalue weighted by atomic mass is 10.3. The normalized spacial score (nSPS) is 10.5. The summed E-state index contributed by atoms with van der Waals surface area (Å²) >= 11 is 0.